The molecule has 2 aromatic carbocycles. The molecule has 1 amide bonds. The number of nitrogens with zero attached hydrogens (tertiary/aromatic N) is 2. The van der Waals surface area contributed by atoms with Gasteiger partial charge in [0.2, 0.25) is 5.91 Å². The Labute approximate surface area is 180 Å². The smallest absolute Gasteiger partial charge is 0.263 e. The maximum Gasteiger partial charge on any atom is 0.263 e. The van der Waals surface area contributed by atoms with Gasteiger partial charge >= 0.3 is 0 Å². The van der Waals surface area contributed by atoms with Crippen LogP contribution < -0.4 is 10.0 Å². The number of carbonyl (C=O) groups excluding carboxylic acids is 1. The number of thioether (sulfide) groups is 1. The van der Waals surface area contributed by atoms with Gasteiger partial charge in [-0.2, -0.15) is 0 Å². The van der Waals surface area contributed by atoms with Gasteiger partial charge < -0.3 is 5.32 Å². The van der Waals surface area contributed by atoms with E-state index in [4.69, 9.17) is 0 Å². The third-order valence-electron chi connectivity index (χ3n) is 4.04. The second-order valence-corrected chi connectivity index (χ2v) is 9.45. The normalized spacial score (nSPS) is 11.2. The maximum absolute atomic E-state index is 12.6. The van der Waals surface area contributed by atoms with Crippen LogP contribution in [0.15, 0.2) is 64.4 Å². The van der Waals surface area contributed by atoms with Crippen molar-refractivity contribution in [3.63, 3.8) is 0 Å². The Morgan fingerprint density at radius 3 is 2.27 bits per heavy atom. The first-order valence-corrected chi connectivity index (χ1v) is 11.6. The molecule has 30 heavy (non-hydrogen) atoms. The predicted octanol–water partition coefficient (Wildman–Crippen LogP) is 3.93. The first kappa shape index (κ1) is 21.8. The molecule has 9 heteroatoms. The standard InChI is InChI=1S/C21H22N4O3S2/c1-14-4-8-18(9-5-14)29-13-21(26)24-17-6-10-19(11-7-17)30(27,28)25-20-12-15(2)22-16(3)23-20/h4-12H,13H2,1-3H3,(H,24,26)(H,22,23,25). The number of carbonyl (C=O) groups is 1. The van der Waals surface area contributed by atoms with Crippen LogP contribution in [0.25, 0.3) is 0 Å². The molecule has 0 bridgehead atoms. The van der Waals surface area contributed by atoms with Crippen molar-refractivity contribution in [1.82, 2.24) is 9.97 Å². The molecule has 7 nitrogen and oxygen atoms in total. The molecule has 0 atom stereocenters. The first-order chi connectivity index (χ1) is 14.2. The van der Waals surface area contributed by atoms with Crippen LogP contribution in [0.3, 0.4) is 0 Å². The molecule has 156 valence electrons. The molecule has 3 rings (SSSR count). The number of aryl methyl sites for hydroxylation is 3. The summed E-state index contributed by atoms with van der Waals surface area (Å²) < 4.78 is 27.6. The Bertz CT molecular complexity index is 1130. The minimum Gasteiger partial charge on any atom is -0.325 e. The summed E-state index contributed by atoms with van der Waals surface area (Å²) in [5.41, 5.74) is 2.36. The van der Waals surface area contributed by atoms with Crippen molar-refractivity contribution in [2.75, 3.05) is 15.8 Å². The van der Waals surface area contributed by atoms with Gasteiger partial charge in [-0.05, 0) is 57.2 Å². The summed E-state index contributed by atoms with van der Waals surface area (Å²) in [6, 6.07) is 15.5. The topological polar surface area (TPSA) is 101 Å². The van der Waals surface area contributed by atoms with Crippen LogP contribution in [0.1, 0.15) is 17.1 Å². The molecule has 3 aromatic rings. The van der Waals surface area contributed by atoms with Crippen molar-refractivity contribution < 1.29 is 13.2 Å². The lowest BCUT2D eigenvalue weighted by molar-refractivity contribution is -0.113. The van der Waals surface area contributed by atoms with E-state index in [9.17, 15) is 13.2 Å². The van der Waals surface area contributed by atoms with E-state index in [0.29, 0.717) is 17.2 Å². The van der Waals surface area contributed by atoms with Gasteiger partial charge in [0.05, 0.1) is 10.6 Å². The van der Waals surface area contributed by atoms with Gasteiger partial charge in [0.1, 0.15) is 11.6 Å². The Morgan fingerprint density at radius 1 is 0.967 bits per heavy atom. The van der Waals surface area contributed by atoms with Crippen LogP contribution in [0.4, 0.5) is 11.5 Å². The van der Waals surface area contributed by atoms with E-state index in [-0.39, 0.29) is 22.4 Å². The van der Waals surface area contributed by atoms with Gasteiger partial charge in [-0.3, -0.25) is 9.52 Å². The highest BCUT2D eigenvalue weighted by atomic mass is 32.2. The average Bonchev–Trinajstić information content (AvgIpc) is 2.67. The summed E-state index contributed by atoms with van der Waals surface area (Å²) in [7, 11) is -3.80. The van der Waals surface area contributed by atoms with Gasteiger partial charge in [-0.1, -0.05) is 17.7 Å². The Kier molecular flexibility index (Phi) is 6.73. The van der Waals surface area contributed by atoms with Crippen molar-refractivity contribution in [3.8, 4) is 0 Å². The van der Waals surface area contributed by atoms with Gasteiger partial charge in [-0.25, -0.2) is 18.4 Å². The Balaban J connectivity index is 1.60. The summed E-state index contributed by atoms with van der Waals surface area (Å²) >= 11 is 1.44. The van der Waals surface area contributed by atoms with E-state index in [1.54, 1.807) is 32.0 Å². The summed E-state index contributed by atoms with van der Waals surface area (Å²) in [6.07, 6.45) is 0. The molecule has 0 radical (unpaired) electrons. The molecule has 0 fully saturated rings. The SMILES string of the molecule is Cc1ccc(SCC(=O)Nc2ccc(S(=O)(=O)Nc3cc(C)nc(C)n3)cc2)cc1. The monoisotopic (exact) mass is 442 g/mol. The van der Waals surface area contributed by atoms with E-state index in [1.807, 2.05) is 31.2 Å². The van der Waals surface area contributed by atoms with E-state index in [1.165, 1.54) is 29.5 Å². The fraction of sp³-hybridized carbons (Fsp3) is 0.190. The minimum absolute atomic E-state index is 0.0726. The molecule has 0 saturated heterocycles. The third kappa shape index (κ3) is 6.04. The lowest BCUT2D eigenvalue weighted by atomic mass is 10.2. The lowest BCUT2D eigenvalue weighted by Crippen LogP contribution is -2.16. The van der Waals surface area contributed by atoms with Crippen LogP contribution in [0.5, 0.6) is 0 Å². The summed E-state index contributed by atoms with van der Waals surface area (Å²) in [6.45, 7) is 5.47. The van der Waals surface area contributed by atoms with Gasteiger partial charge in [-0.15, -0.1) is 11.8 Å². The number of amides is 1. The third-order valence-corrected chi connectivity index (χ3v) is 6.43. The van der Waals surface area contributed by atoms with Crippen molar-refractivity contribution in [3.05, 3.63) is 71.7 Å². The Hall–Kier alpha value is -2.91. The van der Waals surface area contributed by atoms with Gasteiger partial charge in [0.15, 0.2) is 0 Å². The van der Waals surface area contributed by atoms with Crippen molar-refractivity contribution >= 4 is 39.2 Å². The average molecular weight is 443 g/mol. The zero-order chi connectivity index (χ0) is 21.7. The molecule has 0 unspecified atom stereocenters. The number of anilines is 2. The number of hydrogen-bond acceptors (Lipinski definition) is 6. The quantitative estimate of drug-likeness (QED) is 0.538. The van der Waals surface area contributed by atoms with E-state index >= 15 is 0 Å². The van der Waals surface area contributed by atoms with Crippen LogP contribution in [-0.2, 0) is 14.8 Å². The molecule has 2 N–H and O–H groups in total. The molecule has 1 heterocycles. The van der Waals surface area contributed by atoms with Gasteiger partial charge in [0, 0.05) is 22.3 Å². The number of rotatable bonds is 7. The minimum atomic E-state index is -3.80. The van der Waals surface area contributed by atoms with Crippen molar-refractivity contribution in [2.24, 2.45) is 0 Å². The summed E-state index contributed by atoms with van der Waals surface area (Å²) in [5.74, 6) is 0.790. The number of sulfonamides is 1. The van der Waals surface area contributed by atoms with E-state index in [0.717, 1.165) is 4.90 Å². The van der Waals surface area contributed by atoms with E-state index < -0.39 is 10.0 Å². The Morgan fingerprint density at radius 2 is 1.63 bits per heavy atom. The first-order valence-electron chi connectivity index (χ1n) is 9.16. The molecule has 0 aliphatic rings. The second kappa shape index (κ2) is 9.27. The lowest BCUT2D eigenvalue weighted by Gasteiger charge is -2.10. The molecule has 0 aliphatic carbocycles. The number of benzene rings is 2. The highest BCUT2D eigenvalue weighted by molar-refractivity contribution is 8.00. The summed E-state index contributed by atoms with van der Waals surface area (Å²) in [5, 5.41) is 2.77. The molecular formula is C21H22N4O3S2. The summed E-state index contributed by atoms with van der Waals surface area (Å²) in [4.78, 5) is 21.5. The molecular weight excluding hydrogens is 420 g/mol. The fourth-order valence-electron chi connectivity index (χ4n) is 2.66. The molecule has 0 saturated carbocycles. The zero-order valence-electron chi connectivity index (χ0n) is 16.8. The van der Waals surface area contributed by atoms with E-state index in [2.05, 4.69) is 20.0 Å². The number of aromatic nitrogens is 2. The molecule has 1 aromatic heterocycles. The van der Waals surface area contributed by atoms with Crippen molar-refractivity contribution in [1.29, 1.82) is 0 Å². The maximum atomic E-state index is 12.6. The number of nitrogens with one attached hydrogen (secondary N) is 2. The van der Waals surface area contributed by atoms with Crippen LogP contribution in [0.2, 0.25) is 0 Å². The second-order valence-electron chi connectivity index (χ2n) is 6.72. The molecule has 0 aliphatic heterocycles. The van der Waals surface area contributed by atoms with Crippen molar-refractivity contribution in [2.45, 2.75) is 30.6 Å². The highest BCUT2D eigenvalue weighted by Gasteiger charge is 2.16. The number of hydrogen-bond donors (Lipinski definition) is 2. The zero-order valence-corrected chi connectivity index (χ0v) is 18.5. The predicted molar refractivity (Wildman–Crippen MR) is 119 cm³/mol. The fourth-order valence-corrected chi connectivity index (χ4v) is 4.35. The molecule has 0 spiro atoms. The van der Waals surface area contributed by atoms with Crippen LogP contribution in [0, 0.1) is 20.8 Å². The van der Waals surface area contributed by atoms with Gasteiger partial charge in [0.25, 0.3) is 10.0 Å². The highest BCUT2D eigenvalue weighted by Crippen LogP contribution is 2.20. The van der Waals surface area contributed by atoms with Crippen LogP contribution >= 0.6 is 11.8 Å². The largest absolute Gasteiger partial charge is 0.325 e. The van der Waals surface area contributed by atoms with Crippen LogP contribution in [-0.4, -0.2) is 30.0 Å².